The van der Waals surface area contributed by atoms with Crippen LogP contribution in [0.3, 0.4) is 0 Å². The van der Waals surface area contributed by atoms with Crippen LogP contribution in [0, 0.1) is 5.92 Å². The summed E-state index contributed by atoms with van der Waals surface area (Å²) in [6.45, 7) is 4.67. The van der Waals surface area contributed by atoms with Crippen LogP contribution in [0.25, 0.3) is 0 Å². The van der Waals surface area contributed by atoms with E-state index in [1.807, 2.05) is 13.2 Å². The second kappa shape index (κ2) is 7.92. The summed E-state index contributed by atoms with van der Waals surface area (Å²) < 4.78 is 0. The summed E-state index contributed by atoms with van der Waals surface area (Å²) in [6, 6.07) is 0. The smallest absolute Gasteiger partial charge is 0.220 e. The van der Waals surface area contributed by atoms with Crippen molar-refractivity contribution in [1.29, 1.82) is 0 Å². The molecule has 0 aliphatic carbocycles. The standard InChI is InChI=1S/C11H24N2O2S/c1-9(6-12)4-5-10(14)13-7-11(2,15)8-16-3/h9,15H,4-8,12H2,1-3H3,(H,13,14). The van der Waals surface area contributed by atoms with Crippen molar-refractivity contribution >= 4 is 17.7 Å². The Kier molecular flexibility index (Phi) is 7.80. The van der Waals surface area contributed by atoms with Gasteiger partial charge in [0, 0.05) is 18.7 Å². The zero-order chi connectivity index (χ0) is 12.6. The Morgan fingerprint density at radius 2 is 2.25 bits per heavy atom. The largest absolute Gasteiger partial charge is 0.387 e. The van der Waals surface area contributed by atoms with Crippen LogP contribution in [0.5, 0.6) is 0 Å². The first-order chi connectivity index (χ1) is 7.41. The monoisotopic (exact) mass is 248 g/mol. The molecule has 0 aliphatic heterocycles. The van der Waals surface area contributed by atoms with Crippen molar-refractivity contribution in [1.82, 2.24) is 5.32 Å². The zero-order valence-electron chi connectivity index (χ0n) is 10.5. The Morgan fingerprint density at radius 3 is 2.75 bits per heavy atom. The van der Waals surface area contributed by atoms with E-state index in [0.717, 1.165) is 6.42 Å². The van der Waals surface area contributed by atoms with Crippen molar-refractivity contribution in [3.05, 3.63) is 0 Å². The highest BCUT2D eigenvalue weighted by atomic mass is 32.2. The lowest BCUT2D eigenvalue weighted by Gasteiger charge is -2.22. The number of hydrogen-bond acceptors (Lipinski definition) is 4. The van der Waals surface area contributed by atoms with Gasteiger partial charge in [-0.1, -0.05) is 6.92 Å². The van der Waals surface area contributed by atoms with Gasteiger partial charge in [-0.05, 0) is 32.1 Å². The van der Waals surface area contributed by atoms with Gasteiger partial charge in [0.05, 0.1) is 5.60 Å². The number of carbonyl (C=O) groups excluding carboxylic acids is 1. The Bertz CT molecular complexity index is 210. The van der Waals surface area contributed by atoms with Crippen molar-refractivity contribution in [2.24, 2.45) is 11.7 Å². The highest BCUT2D eigenvalue weighted by Crippen LogP contribution is 2.09. The van der Waals surface area contributed by atoms with Gasteiger partial charge in [0.25, 0.3) is 0 Å². The van der Waals surface area contributed by atoms with Crippen molar-refractivity contribution in [2.75, 3.05) is 25.1 Å². The van der Waals surface area contributed by atoms with Crippen molar-refractivity contribution in [2.45, 2.75) is 32.3 Å². The van der Waals surface area contributed by atoms with Crippen LogP contribution in [0.15, 0.2) is 0 Å². The lowest BCUT2D eigenvalue weighted by atomic mass is 10.1. The average Bonchev–Trinajstić information content (AvgIpc) is 2.23. The van der Waals surface area contributed by atoms with Gasteiger partial charge < -0.3 is 16.2 Å². The molecule has 0 radical (unpaired) electrons. The van der Waals surface area contributed by atoms with Crippen LogP contribution in [-0.4, -0.2) is 41.7 Å². The van der Waals surface area contributed by atoms with E-state index in [-0.39, 0.29) is 5.91 Å². The van der Waals surface area contributed by atoms with Gasteiger partial charge in [-0.15, -0.1) is 0 Å². The van der Waals surface area contributed by atoms with Gasteiger partial charge in [0.15, 0.2) is 0 Å². The highest BCUT2D eigenvalue weighted by molar-refractivity contribution is 7.98. The molecule has 0 bridgehead atoms. The molecule has 0 rings (SSSR count). The van der Waals surface area contributed by atoms with Gasteiger partial charge in [0.2, 0.25) is 5.91 Å². The first-order valence-electron chi connectivity index (χ1n) is 5.59. The molecule has 0 aliphatic rings. The van der Waals surface area contributed by atoms with Crippen molar-refractivity contribution in [3.8, 4) is 0 Å². The van der Waals surface area contributed by atoms with Gasteiger partial charge in [-0.3, -0.25) is 4.79 Å². The molecule has 5 heteroatoms. The maximum atomic E-state index is 11.4. The molecular formula is C11H24N2O2S. The number of carbonyl (C=O) groups is 1. The minimum absolute atomic E-state index is 0.0123. The van der Waals surface area contributed by atoms with Gasteiger partial charge >= 0.3 is 0 Å². The molecule has 0 aromatic rings. The molecule has 0 fully saturated rings. The third-order valence-electron chi connectivity index (χ3n) is 2.39. The average molecular weight is 248 g/mol. The molecule has 1 amide bonds. The lowest BCUT2D eigenvalue weighted by Crippen LogP contribution is -2.42. The fourth-order valence-corrected chi connectivity index (χ4v) is 1.96. The number of thioether (sulfide) groups is 1. The van der Waals surface area contributed by atoms with Crippen LogP contribution in [0.4, 0.5) is 0 Å². The molecule has 0 saturated carbocycles. The fraction of sp³-hybridized carbons (Fsp3) is 0.909. The van der Waals surface area contributed by atoms with Crippen LogP contribution in [0.2, 0.25) is 0 Å². The molecule has 16 heavy (non-hydrogen) atoms. The summed E-state index contributed by atoms with van der Waals surface area (Å²) in [4.78, 5) is 11.4. The Hall–Kier alpha value is -0.260. The van der Waals surface area contributed by atoms with E-state index >= 15 is 0 Å². The van der Waals surface area contributed by atoms with E-state index < -0.39 is 5.60 Å². The van der Waals surface area contributed by atoms with Crippen LogP contribution < -0.4 is 11.1 Å². The molecule has 4 N–H and O–H groups in total. The van der Waals surface area contributed by atoms with Crippen LogP contribution >= 0.6 is 11.8 Å². The number of amides is 1. The highest BCUT2D eigenvalue weighted by Gasteiger charge is 2.20. The number of aliphatic hydroxyl groups is 1. The first-order valence-corrected chi connectivity index (χ1v) is 6.98. The molecule has 0 aromatic heterocycles. The topological polar surface area (TPSA) is 75.3 Å². The molecule has 0 spiro atoms. The maximum absolute atomic E-state index is 11.4. The molecule has 0 heterocycles. The van der Waals surface area contributed by atoms with E-state index in [1.165, 1.54) is 0 Å². The Morgan fingerprint density at radius 1 is 1.62 bits per heavy atom. The number of nitrogens with one attached hydrogen (secondary N) is 1. The third-order valence-corrected chi connectivity index (χ3v) is 3.30. The maximum Gasteiger partial charge on any atom is 0.220 e. The van der Waals surface area contributed by atoms with Crippen molar-refractivity contribution in [3.63, 3.8) is 0 Å². The number of nitrogens with two attached hydrogens (primary N) is 1. The number of rotatable bonds is 8. The second-order valence-electron chi connectivity index (χ2n) is 4.59. The number of hydrogen-bond donors (Lipinski definition) is 3. The first kappa shape index (κ1) is 15.7. The quantitative estimate of drug-likeness (QED) is 0.588. The molecular weight excluding hydrogens is 224 g/mol. The Labute approximate surface area is 102 Å². The molecule has 2 atom stereocenters. The summed E-state index contributed by atoms with van der Waals surface area (Å²) >= 11 is 1.56. The van der Waals surface area contributed by atoms with E-state index in [0.29, 0.717) is 31.2 Å². The minimum Gasteiger partial charge on any atom is -0.387 e. The molecule has 2 unspecified atom stereocenters. The molecule has 96 valence electrons. The summed E-state index contributed by atoms with van der Waals surface area (Å²) in [7, 11) is 0. The second-order valence-corrected chi connectivity index (χ2v) is 5.45. The normalized spacial score (nSPS) is 16.6. The predicted octanol–water partition coefficient (Wildman–Crippen LogP) is 0.592. The summed E-state index contributed by atoms with van der Waals surface area (Å²) in [5.41, 5.74) is 4.64. The van der Waals surface area contributed by atoms with Crippen LogP contribution in [-0.2, 0) is 4.79 Å². The Balaban J connectivity index is 3.72. The third kappa shape index (κ3) is 7.96. The minimum atomic E-state index is -0.825. The van der Waals surface area contributed by atoms with Crippen LogP contribution in [0.1, 0.15) is 26.7 Å². The van der Waals surface area contributed by atoms with E-state index in [9.17, 15) is 9.90 Å². The fourth-order valence-electron chi connectivity index (χ4n) is 1.23. The van der Waals surface area contributed by atoms with Gasteiger partial charge in [0.1, 0.15) is 0 Å². The predicted molar refractivity (Wildman–Crippen MR) is 69.5 cm³/mol. The van der Waals surface area contributed by atoms with Gasteiger partial charge in [-0.25, -0.2) is 0 Å². The SMILES string of the molecule is CSCC(C)(O)CNC(=O)CCC(C)CN. The zero-order valence-corrected chi connectivity index (χ0v) is 11.3. The lowest BCUT2D eigenvalue weighted by molar-refractivity contribution is -0.122. The van der Waals surface area contributed by atoms with E-state index in [4.69, 9.17) is 5.73 Å². The van der Waals surface area contributed by atoms with E-state index in [1.54, 1.807) is 18.7 Å². The summed E-state index contributed by atoms with van der Waals surface area (Å²) in [5, 5.41) is 12.6. The molecule has 0 saturated heterocycles. The molecule has 4 nitrogen and oxygen atoms in total. The summed E-state index contributed by atoms with van der Waals surface area (Å²) in [6.07, 6.45) is 3.21. The van der Waals surface area contributed by atoms with Gasteiger partial charge in [-0.2, -0.15) is 11.8 Å². The summed E-state index contributed by atoms with van der Waals surface area (Å²) in [5.74, 6) is 0.978. The molecule has 0 aromatic carbocycles. The van der Waals surface area contributed by atoms with E-state index in [2.05, 4.69) is 5.32 Å². The van der Waals surface area contributed by atoms with Crippen molar-refractivity contribution < 1.29 is 9.90 Å².